The lowest BCUT2D eigenvalue weighted by Crippen LogP contribution is -2.46. The van der Waals surface area contributed by atoms with Crippen LogP contribution in [0, 0.1) is 5.92 Å². The molecule has 1 aromatic carbocycles. The smallest absolute Gasteiger partial charge is 0.226 e. The van der Waals surface area contributed by atoms with Crippen LogP contribution in [0.1, 0.15) is 44.0 Å². The molecule has 0 spiro atoms. The number of pyridine rings is 1. The van der Waals surface area contributed by atoms with Gasteiger partial charge in [0.15, 0.2) is 0 Å². The van der Waals surface area contributed by atoms with E-state index < -0.39 is 15.3 Å². The molecule has 0 N–H and O–H groups in total. The first-order chi connectivity index (χ1) is 14.8. The lowest BCUT2D eigenvalue weighted by atomic mass is 9.94. The quantitative estimate of drug-likeness (QED) is 0.654. The Kier molecular flexibility index (Phi) is 7.33. The highest BCUT2D eigenvalue weighted by molar-refractivity contribution is 7.89. The van der Waals surface area contributed by atoms with E-state index in [1.54, 1.807) is 39.1 Å². The summed E-state index contributed by atoms with van der Waals surface area (Å²) in [5.41, 5.74) is 1.72. The summed E-state index contributed by atoms with van der Waals surface area (Å²) in [4.78, 5) is 19.6. The Morgan fingerprint density at radius 2 is 1.77 bits per heavy atom. The molecule has 168 valence electrons. The van der Waals surface area contributed by atoms with Gasteiger partial charge in [0, 0.05) is 32.3 Å². The maximum absolute atomic E-state index is 13.4. The third-order valence-electron chi connectivity index (χ3n) is 5.89. The molecule has 1 atom stereocenters. The molecule has 31 heavy (non-hydrogen) atoms. The van der Waals surface area contributed by atoms with E-state index in [1.807, 2.05) is 42.5 Å². The monoisotopic (exact) mass is 445 g/mol. The fourth-order valence-electron chi connectivity index (χ4n) is 3.99. The van der Waals surface area contributed by atoms with E-state index in [4.69, 9.17) is 4.74 Å². The third-order valence-corrected chi connectivity index (χ3v) is 8.17. The molecule has 1 aromatic heterocycles. The SMILES string of the molecule is COc1ccc(C(c2ccccn2)N(C)C(=O)C2CCN(S(=O)(=O)C(C)C)CC2)cc1. The molecule has 2 heterocycles. The number of hydrogen-bond acceptors (Lipinski definition) is 5. The van der Waals surface area contributed by atoms with Crippen molar-refractivity contribution in [1.29, 1.82) is 0 Å². The molecular formula is C23H31N3O4S. The first kappa shape index (κ1) is 23.2. The molecule has 1 fully saturated rings. The van der Waals surface area contributed by atoms with Crippen LogP contribution in [0.25, 0.3) is 0 Å². The normalized spacial score (nSPS) is 16.8. The van der Waals surface area contributed by atoms with E-state index >= 15 is 0 Å². The highest BCUT2D eigenvalue weighted by Gasteiger charge is 2.35. The molecule has 3 rings (SSSR count). The molecule has 0 aliphatic carbocycles. The Hall–Kier alpha value is -2.45. The lowest BCUT2D eigenvalue weighted by molar-refractivity contribution is -0.137. The molecule has 7 nitrogen and oxygen atoms in total. The van der Waals surface area contributed by atoms with Gasteiger partial charge in [-0.3, -0.25) is 9.78 Å². The van der Waals surface area contributed by atoms with Crippen LogP contribution < -0.4 is 4.74 Å². The summed E-state index contributed by atoms with van der Waals surface area (Å²) < 4.78 is 31.7. The lowest BCUT2D eigenvalue weighted by Gasteiger charge is -2.36. The Morgan fingerprint density at radius 1 is 1.13 bits per heavy atom. The second-order valence-electron chi connectivity index (χ2n) is 8.15. The maximum atomic E-state index is 13.4. The maximum Gasteiger partial charge on any atom is 0.226 e. The third kappa shape index (κ3) is 5.07. The van der Waals surface area contributed by atoms with E-state index in [0.29, 0.717) is 25.9 Å². The number of carbonyl (C=O) groups is 1. The van der Waals surface area contributed by atoms with Crippen molar-refractivity contribution in [2.24, 2.45) is 5.92 Å². The second-order valence-corrected chi connectivity index (χ2v) is 10.6. The molecule has 1 saturated heterocycles. The first-order valence-corrected chi connectivity index (χ1v) is 12.1. The van der Waals surface area contributed by atoms with E-state index in [1.165, 1.54) is 4.31 Å². The Labute approximate surface area is 185 Å². The molecule has 0 bridgehead atoms. The van der Waals surface area contributed by atoms with E-state index in [-0.39, 0.29) is 17.9 Å². The molecular weight excluding hydrogens is 414 g/mol. The number of benzene rings is 1. The Morgan fingerprint density at radius 3 is 2.29 bits per heavy atom. The summed E-state index contributed by atoms with van der Waals surface area (Å²) in [5.74, 6) is 0.539. The Bertz CT molecular complexity index is 970. The van der Waals surface area contributed by atoms with Crippen molar-refractivity contribution >= 4 is 15.9 Å². The number of carbonyl (C=O) groups excluding carboxylic acids is 1. The zero-order valence-electron chi connectivity index (χ0n) is 18.6. The topological polar surface area (TPSA) is 79.8 Å². The number of hydrogen-bond donors (Lipinski definition) is 0. The van der Waals surface area contributed by atoms with Gasteiger partial charge in [0.1, 0.15) is 5.75 Å². The molecule has 1 amide bonds. The number of sulfonamides is 1. The van der Waals surface area contributed by atoms with Gasteiger partial charge in [-0.05, 0) is 56.5 Å². The van der Waals surface area contributed by atoms with Gasteiger partial charge in [-0.15, -0.1) is 0 Å². The van der Waals surface area contributed by atoms with Crippen LogP contribution in [-0.2, 0) is 14.8 Å². The van der Waals surface area contributed by atoms with Gasteiger partial charge in [-0.2, -0.15) is 0 Å². The molecule has 1 unspecified atom stereocenters. The summed E-state index contributed by atoms with van der Waals surface area (Å²) in [6.45, 7) is 4.13. The standard InChI is InChI=1S/C23H31N3O4S/c1-17(2)31(28,29)26-15-12-19(13-16-26)23(27)25(3)22(21-7-5-6-14-24-21)18-8-10-20(30-4)11-9-18/h5-11,14,17,19,22H,12-13,15-16H2,1-4H3. The first-order valence-electron chi connectivity index (χ1n) is 10.6. The van der Waals surface area contributed by atoms with Crippen molar-refractivity contribution in [3.63, 3.8) is 0 Å². The number of methoxy groups -OCH3 is 1. The zero-order chi connectivity index (χ0) is 22.6. The number of amides is 1. The van der Waals surface area contributed by atoms with Gasteiger partial charge in [-0.25, -0.2) is 12.7 Å². The summed E-state index contributed by atoms with van der Waals surface area (Å²) in [6, 6.07) is 13.0. The largest absolute Gasteiger partial charge is 0.497 e. The Balaban J connectivity index is 1.80. The number of nitrogens with zero attached hydrogens (tertiary/aromatic N) is 3. The number of rotatable bonds is 7. The van der Waals surface area contributed by atoms with Crippen LogP contribution >= 0.6 is 0 Å². The van der Waals surface area contributed by atoms with Gasteiger partial charge in [0.05, 0.1) is 24.1 Å². The summed E-state index contributed by atoms with van der Waals surface area (Å²) >= 11 is 0. The molecule has 1 aliphatic heterocycles. The van der Waals surface area contributed by atoms with Gasteiger partial charge >= 0.3 is 0 Å². The fourth-order valence-corrected chi connectivity index (χ4v) is 5.30. The molecule has 0 radical (unpaired) electrons. The summed E-state index contributed by atoms with van der Waals surface area (Å²) in [6.07, 6.45) is 2.76. The van der Waals surface area contributed by atoms with Crippen molar-refractivity contribution in [2.45, 2.75) is 38.0 Å². The average Bonchev–Trinajstić information content (AvgIpc) is 2.79. The minimum absolute atomic E-state index is 0.00747. The van der Waals surface area contributed by atoms with Crippen molar-refractivity contribution in [2.75, 3.05) is 27.2 Å². The second kappa shape index (κ2) is 9.78. The van der Waals surface area contributed by atoms with Crippen LogP contribution in [0.4, 0.5) is 0 Å². The predicted octanol–water partition coefficient (Wildman–Crippen LogP) is 3.09. The van der Waals surface area contributed by atoms with Crippen molar-refractivity contribution in [1.82, 2.24) is 14.2 Å². The molecule has 2 aromatic rings. The van der Waals surface area contributed by atoms with E-state index in [2.05, 4.69) is 4.98 Å². The van der Waals surface area contributed by atoms with Crippen molar-refractivity contribution in [3.8, 4) is 5.75 Å². The van der Waals surface area contributed by atoms with Crippen molar-refractivity contribution in [3.05, 3.63) is 59.9 Å². The van der Waals surface area contributed by atoms with Gasteiger partial charge in [0.25, 0.3) is 0 Å². The van der Waals surface area contributed by atoms with Crippen LogP contribution in [0.2, 0.25) is 0 Å². The molecule has 0 saturated carbocycles. The van der Waals surface area contributed by atoms with Crippen LogP contribution in [0.15, 0.2) is 48.7 Å². The number of aromatic nitrogens is 1. The number of piperidine rings is 1. The van der Waals surface area contributed by atoms with Gasteiger partial charge in [0.2, 0.25) is 15.9 Å². The van der Waals surface area contributed by atoms with Crippen LogP contribution in [0.5, 0.6) is 5.75 Å². The van der Waals surface area contributed by atoms with Gasteiger partial charge in [-0.1, -0.05) is 18.2 Å². The minimum Gasteiger partial charge on any atom is -0.497 e. The predicted molar refractivity (Wildman–Crippen MR) is 120 cm³/mol. The zero-order valence-corrected chi connectivity index (χ0v) is 19.4. The molecule has 1 aliphatic rings. The van der Waals surface area contributed by atoms with Crippen LogP contribution in [-0.4, -0.2) is 61.0 Å². The average molecular weight is 446 g/mol. The minimum atomic E-state index is -3.29. The van der Waals surface area contributed by atoms with Gasteiger partial charge < -0.3 is 9.64 Å². The summed E-state index contributed by atoms with van der Waals surface area (Å²) in [5, 5.41) is -0.453. The van der Waals surface area contributed by atoms with E-state index in [0.717, 1.165) is 17.0 Å². The molecule has 8 heteroatoms. The van der Waals surface area contributed by atoms with Crippen LogP contribution in [0.3, 0.4) is 0 Å². The summed E-state index contributed by atoms with van der Waals surface area (Å²) in [7, 11) is 0.121. The van der Waals surface area contributed by atoms with Crippen molar-refractivity contribution < 1.29 is 17.9 Å². The number of ether oxygens (including phenoxy) is 1. The highest BCUT2D eigenvalue weighted by Crippen LogP contribution is 2.31. The highest BCUT2D eigenvalue weighted by atomic mass is 32.2. The van der Waals surface area contributed by atoms with E-state index in [9.17, 15) is 13.2 Å². The fraction of sp³-hybridized carbons (Fsp3) is 0.478.